The van der Waals surface area contributed by atoms with Crippen molar-refractivity contribution in [3.05, 3.63) is 35.4 Å². The molecule has 0 unspecified atom stereocenters. The minimum absolute atomic E-state index is 0.0753. The summed E-state index contributed by atoms with van der Waals surface area (Å²) in [5.41, 5.74) is 1.59. The van der Waals surface area contributed by atoms with E-state index in [1.807, 2.05) is 38.1 Å². The molecule has 0 radical (unpaired) electrons. The summed E-state index contributed by atoms with van der Waals surface area (Å²) in [7, 11) is 0. The van der Waals surface area contributed by atoms with Crippen LogP contribution in [0.5, 0.6) is 0 Å². The lowest BCUT2D eigenvalue weighted by molar-refractivity contribution is -0.137. The van der Waals surface area contributed by atoms with E-state index in [0.717, 1.165) is 12.0 Å². The Kier molecular flexibility index (Phi) is 5.74. The Hall–Kier alpha value is -1.84. The van der Waals surface area contributed by atoms with Crippen LogP contribution in [0.4, 0.5) is 0 Å². The Morgan fingerprint density at radius 1 is 1.20 bits per heavy atom. The third-order valence-corrected chi connectivity index (χ3v) is 3.50. The predicted octanol–water partition coefficient (Wildman–Crippen LogP) is 2.51. The van der Waals surface area contributed by atoms with Crippen molar-refractivity contribution in [2.75, 3.05) is 6.54 Å². The first-order chi connectivity index (χ1) is 9.37. The second-order valence-corrected chi connectivity index (χ2v) is 5.43. The minimum Gasteiger partial charge on any atom is -0.481 e. The van der Waals surface area contributed by atoms with E-state index in [0.29, 0.717) is 13.0 Å². The van der Waals surface area contributed by atoms with Gasteiger partial charge in [0.05, 0.1) is 5.41 Å². The van der Waals surface area contributed by atoms with E-state index in [1.165, 1.54) is 5.56 Å². The fraction of sp³-hybridized carbons (Fsp3) is 0.500. The fourth-order valence-corrected chi connectivity index (χ4v) is 1.95. The third-order valence-electron chi connectivity index (χ3n) is 3.50. The molecule has 110 valence electrons. The van der Waals surface area contributed by atoms with Crippen molar-refractivity contribution in [2.45, 2.75) is 45.4 Å². The van der Waals surface area contributed by atoms with E-state index in [4.69, 9.17) is 5.11 Å². The van der Waals surface area contributed by atoms with Gasteiger partial charge in [0.2, 0.25) is 5.91 Å². The molecule has 0 aliphatic heterocycles. The van der Waals surface area contributed by atoms with Gasteiger partial charge in [0, 0.05) is 13.0 Å². The van der Waals surface area contributed by atoms with Crippen LogP contribution < -0.4 is 5.32 Å². The molecule has 0 bridgehead atoms. The van der Waals surface area contributed by atoms with Gasteiger partial charge in [-0.1, -0.05) is 31.2 Å². The van der Waals surface area contributed by atoms with E-state index in [1.54, 1.807) is 0 Å². The average Bonchev–Trinajstić information content (AvgIpc) is 2.43. The Morgan fingerprint density at radius 2 is 1.80 bits per heavy atom. The molecule has 0 atom stereocenters. The van der Waals surface area contributed by atoms with Gasteiger partial charge in [-0.2, -0.15) is 0 Å². The van der Waals surface area contributed by atoms with Crippen LogP contribution in [0.25, 0.3) is 0 Å². The molecular formula is C16H23NO3. The molecule has 0 spiro atoms. The molecule has 1 amide bonds. The second-order valence-electron chi connectivity index (χ2n) is 5.43. The van der Waals surface area contributed by atoms with Gasteiger partial charge < -0.3 is 10.4 Å². The SMILES string of the molecule is CCc1ccc(C(C)(C)C(=O)NCCCC(=O)O)cc1. The van der Waals surface area contributed by atoms with Crippen LogP contribution >= 0.6 is 0 Å². The van der Waals surface area contributed by atoms with Gasteiger partial charge in [0.25, 0.3) is 0 Å². The molecule has 4 nitrogen and oxygen atoms in total. The highest BCUT2D eigenvalue weighted by molar-refractivity contribution is 5.87. The van der Waals surface area contributed by atoms with Crippen molar-refractivity contribution in [1.29, 1.82) is 0 Å². The van der Waals surface area contributed by atoms with Crippen molar-refractivity contribution in [2.24, 2.45) is 0 Å². The molecular weight excluding hydrogens is 254 g/mol. The molecule has 0 aromatic heterocycles. The van der Waals surface area contributed by atoms with Crippen molar-refractivity contribution >= 4 is 11.9 Å². The molecule has 0 aliphatic carbocycles. The number of hydrogen-bond donors (Lipinski definition) is 2. The van der Waals surface area contributed by atoms with Crippen LogP contribution in [0.2, 0.25) is 0 Å². The fourth-order valence-electron chi connectivity index (χ4n) is 1.95. The average molecular weight is 277 g/mol. The summed E-state index contributed by atoms with van der Waals surface area (Å²) in [5.74, 6) is -0.916. The summed E-state index contributed by atoms with van der Waals surface area (Å²) >= 11 is 0. The molecule has 0 saturated heterocycles. The van der Waals surface area contributed by atoms with Gasteiger partial charge in [0.15, 0.2) is 0 Å². The maximum Gasteiger partial charge on any atom is 0.303 e. The van der Waals surface area contributed by atoms with Gasteiger partial charge in [0.1, 0.15) is 0 Å². The molecule has 2 N–H and O–H groups in total. The van der Waals surface area contributed by atoms with Gasteiger partial charge in [-0.25, -0.2) is 0 Å². The van der Waals surface area contributed by atoms with Crippen LogP contribution in [0.1, 0.15) is 44.7 Å². The van der Waals surface area contributed by atoms with Gasteiger partial charge in [-0.15, -0.1) is 0 Å². The molecule has 1 aromatic rings. The largest absolute Gasteiger partial charge is 0.481 e. The van der Waals surface area contributed by atoms with Crippen molar-refractivity contribution < 1.29 is 14.7 Å². The zero-order valence-electron chi connectivity index (χ0n) is 12.4. The molecule has 0 aliphatic rings. The highest BCUT2D eigenvalue weighted by Crippen LogP contribution is 2.23. The summed E-state index contributed by atoms with van der Waals surface area (Å²) < 4.78 is 0. The summed E-state index contributed by atoms with van der Waals surface area (Å²) in [6.07, 6.45) is 1.50. The number of rotatable bonds is 7. The molecule has 1 aromatic carbocycles. The van der Waals surface area contributed by atoms with Gasteiger partial charge >= 0.3 is 5.97 Å². The number of amides is 1. The standard InChI is InChI=1S/C16H23NO3/c1-4-12-7-9-13(10-8-12)16(2,3)15(20)17-11-5-6-14(18)19/h7-10H,4-6,11H2,1-3H3,(H,17,20)(H,18,19). The van der Waals surface area contributed by atoms with Gasteiger partial charge in [-0.3, -0.25) is 9.59 Å². The summed E-state index contributed by atoms with van der Waals surface area (Å²) in [5, 5.41) is 11.4. The van der Waals surface area contributed by atoms with E-state index in [-0.39, 0.29) is 12.3 Å². The number of nitrogens with one attached hydrogen (secondary N) is 1. The molecule has 0 fully saturated rings. The summed E-state index contributed by atoms with van der Waals surface area (Å²) in [4.78, 5) is 22.6. The van der Waals surface area contributed by atoms with Crippen LogP contribution in [0.15, 0.2) is 24.3 Å². The lowest BCUT2D eigenvalue weighted by atomic mass is 9.83. The highest BCUT2D eigenvalue weighted by Gasteiger charge is 2.29. The maximum atomic E-state index is 12.2. The zero-order chi connectivity index (χ0) is 15.2. The molecule has 20 heavy (non-hydrogen) atoms. The Bertz CT molecular complexity index is 463. The van der Waals surface area contributed by atoms with Crippen molar-refractivity contribution in [3.8, 4) is 0 Å². The van der Waals surface area contributed by atoms with Crippen molar-refractivity contribution in [3.63, 3.8) is 0 Å². The quantitative estimate of drug-likeness (QED) is 0.753. The topological polar surface area (TPSA) is 66.4 Å². The van der Waals surface area contributed by atoms with Crippen molar-refractivity contribution in [1.82, 2.24) is 5.32 Å². The number of carbonyl (C=O) groups is 2. The predicted molar refractivity (Wildman–Crippen MR) is 78.7 cm³/mol. The van der Waals surface area contributed by atoms with Crippen LogP contribution in [0.3, 0.4) is 0 Å². The summed E-state index contributed by atoms with van der Waals surface area (Å²) in [6.45, 7) is 6.23. The normalized spacial score (nSPS) is 11.2. The summed E-state index contributed by atoms with van der Waals surface area (Å²) in [6, 6.07) is 8.04. The zero-order valence-corrected chi connectivity index (χ0v) is 12.4. The van der Waals surface area contributed by atoms with E-state index < -0.39 is 11.4 Å². The van der Waals surface area contributed by atoms with Crippen LogP contribution in [0, 0.1) is 0 Å². The van der Waals surface area contributed by atoms with Crippen LogP contribution in [-0.2, 0) is 21.4 Å². The lowest BCUT2D eigenvalue weighted by Crippen LogP contribution is -2.40. The number of benzene rings is 1. The van der Waals surface area contributed by atoms with E-state index >= 15 is 0 Å². The third kappa shape index (κ3) is 4.37. The highest BCUT2D eigenvalue weighted by atomic mass is 16.4. The molecule has 0 heterocycles. The number of hydrogen-bond acceptors (Lipinski definition) is 2. The molecule has 0 saturated carbocycles. The van der Waals surface area contributed by atoms with Crippen LogP contribution in [-0.4, -0.2) is 23.5 Å². The number of aryl methyl sites for hydroxylation is 1. The second kappa shape index (κ2) is 7.08. The van der Waals surface area contributed by atoms with E-state index in [9.17, 15) is 9.59 Å². The lowest BCUT2D eigenvalue weighted by Gasteiger charge is -2.24. The number of carbonyl (C=O) groups excluding carboxylic acids is 1. The number of aliphatic carboxylic acids is 1. The first-order valence-corrected chi connectivity index (χ1v) is 6.97. The van der Waals surface area contributed by atoms with E-state index in [2.05, 4.69) is 12.2 Å². The molecule has 1 rings (SSSR count). The number of carboxylic acid groups (broad SMARTS) is 1. The first kappa shape index (κ1) is 16.2. The number of carboxylic acids is 1. The molecule has 4 heteroatoms. The monoisotopic (exact) mass is 277 g/mol. The Morgan fingerprint density at radius 3 is 2.30 bits per heavy atom. The minimum atomic E-state index is -0.839. The Labute approximate surface area is 120 Å². The first-order valence-electron chi connectivity index (χ1n) is 6.97. The van der Waals surface area contributed by atoms with Gasteiger partial charge in [-0.05, 0) is 37.8 Å². The smallest absolute Gasteiger partial charge is 0.303 e. The Balaban J connectivity index is 2.61. The maximum absolute atomic E-state index is 12.2.